The number of ether oxygens (including phenoxy) is 1. The number of amides is 1. The average Bonchev–Trinajstić information content (AvgIpc) is 3.17. The predicted octanol–water partition coefficient (Wildman–Crippen LogP) is 1.17. The van der Waals surface area contributed by atoms with E-state index in [1.807, 2.05) is 13.8 Å². The Hall–Kier alpha value is -2.87. The SMILES string of the molecule is CCn1nc(C(=O)N2C[C@@H](O)[C@H](Oc3cccc(C(=O)O)c3)C2)cc1C. The summed E-state index contributed by atoms with van der Waals surface area (Å²) in [6.07, 6.45) is -1.49. The van der Waals surface area contributed by atoms with Gasteiger partial charge in [-0.15, -0.1) is 0 Å². The summed E-state index contributed by atoms with van der Waals surface area (Å²) in [5, 5.41) is 23.6. The molecule has 8 heteroatoms. The lowest BCUT2D eigenvalue weighted by atomic mass is 10.2. The van der Waals surface area contributed by atoms with Crippen molar-refractivity contribution in [1.82, 2.24) is 14.7 Å². The maximum Gasteiger partial charge on any atom is 0.335 e. The number of aliphatic hydroxyl groups excluding tert-OH is 1. The molecule has 0 aliphatic carbocycles. The quantitative estimate of drug-likeness (QED) is 0.830. The summed E-state index contributed by atoms with van der Waals surface area (Å²) in [5.41, 5.74) is 1.34. The van der Waals surface area contributed by atoms with E-state index in [4.69, 9.17) is 9.84 Å². The van der Waals surface area contributed by atoms with E-state index < -0.39 is 18.2 Å². The van der Waals surface area contributed by atoms with Gasteiger partial charge in [0.05, 0.1) is 18.7 Å². The molecule has 0 bridgehead atoms. The second-order valence-corrected chi connectivity index (χ2v) is 6.25. The molecule has 1 aliphatic heterocycles. The molecule has 1 fully saturated rings. The van der Waals surface area contributed by atoms with Crippen LogP contribution in [0.3, 0.4) is 0 Å². The molecular weight excluding hydrogens is 338 g/mol. The summed E-state index contributed by atoms with van der Waals surface area (Å²) in [6.45, 7) is 4.85. The Labute approximate surface area is 150 Å². The first kappa shape index (κ1) is 17.9. The summed E-state index contributed by atoms with van der Waals surface area (Å²) in [6, 6.07) is 7.77. The van der Waals surface area contributed by atoms with Crippen LogP contribution in [0.5, 0.6) is 5.75 Å². The van der Waals surface area contributed by atoms with Gasteiger partial charge in [0.25, 0.3) is 5.91 Å². The molecule has 1 aromatic carbocycles. The van der Waals surface area contributed by atoms with Crippen molar-refractivity contribution in [2.24, 2.45) is 0 Å². The molecule has 2 atom stereocenters. The van der Waals surface area contributed by atoms with Gasteiger partial charge in [-0.2, -0.15) is 5.10 Å². The van der Waals surface area contributed by atoms with Crippen LogP contribution in [0.2, 0.25) is 0 Å². The van der Waals surface area contributed by atoms with Gasteiger partial charge in [-0.1, -0.05) is 6.07 Å². The highest BCUT2D eigenvalue weighted by molar-refractivity contribution is 5.92. The number of carboxylic acids is 1. The lowest BCUT2D eigenvalue weighted by molar-refractivity contribution is 0.0686. The molecule has 8 nitrogen and oxygen atoms in total. The Kier molecular flexibility index (Phi) is 4.94. The van der Waals surface area contributed by atoms with Gasteiger partial charge in [0.1, 0.15) is 18.0 Å². The summed E-state index contributed by atoms with van der Waals surface area (Å²) in [7, 11) is 0. The second kappa shape index (κ2) is 7.17. The lowest BCUT2D eigenvalue weighted by Crippen LogP contribution is -2.31. The number of carbonyl (C=O) groups is 2. The van der Waals surface area contributed by atoms with Crippen molar-refractivity contribution in [3.63, 3.8) is 0 Å². The Morgan fingerprint density at radius 1 is 1.31 bits per heavy atom. The van der Waals surface area contributed by atoms with Crippen LogP contribution in [-0.2, 0) is 6.54 Å². The molecule has 2 N–H and O–H groups in total. The van der Waals surface area contributed by atoms with Gasteiger partial charge in [-0.05, 0) is 38.1 Å². The molecule has 2 heterocycles. The normalized spacial score (nSPS) is 19.6. The fraction of sp³-hybridized carbons (Fsp3) is 0.389. The molecule has 0 unspecified atom stereocenters. The summed E-state index contributed by atoms with van der Waals surface area (Å²) >= 11 is 0. The molecule has 1 aromatic heterocycles. The van der Waals surface area contributed by atoms with Crippen LogP contribution in [0.1, 0.15) is 33.5 Å². The summed E-state index contributed by atoms with van der Waals surface area (Å²) in [5.74, 6) is -0.972. The fourth-order valence-corrected chi connectivity index (χ4v) is 3.01. The fourth-order valence-electron chi connectivity index (χ4n) is 3.01. The van der Waals surface area contributed by atoms with E-state index in [1.54, 1.807) is 22.9 Å². The van der Waals surface area contributed by atoms with Gasteiger partial charge in [0.2, 0.25) is 0 Å². The van der Waals surface area contributed by atoms with Crippen LogP contribution < -0.4 is 4.74 Å². The third kappa shape index (κ3) is 3.55. The van der Waals surface area contributed by atoms with Crippen LogP contribution in [-0.4, -0.2) is 62.1 Å². The van der Waals surface area contributed by atoms with Crippen molar-refractivity contribution in [1.29, 1.82) is 0 Å². The monoisotopic (exact) mass is 359 g/mol. The average molecular weight is 359 g/mol. The number of β-amino-alcohol motifs (C(OH)–C–C–N with tert-alkyl or cyclic N) is 1. The standard InChI is InChI=1S/C18H21N3O5/c1-3-21-11(2)7-14(19-21)17(23)20-9-15(22)16(10-20)26-13-6-4-5-12(8-13)18(24)25/h4-8,15-16,22H,3,9-10H2,1-2H3,(H,24,25)/t15-,16-/m1/s1. The molecule has 26 heavy (non-hydrogen) atoms. The largest absolute Gasteiger partial charge is 0.486 e. The number of aromatic carboxylic acids is 1. The van der Waals surface area contributed by atoms with E-state index >= 15 is 0 Å². The first-order valence-corrected chi connectivity index (χ1v) is 8.41. The minimum Gasteiger partial charge on any atom is -0.486 e. The van der Waals surface area contributed by atoms with Gasteiger partial charge >= 0.3 is 5.97 Å². The first-order chi connectivity index (χ1) is 12.4. The van der Waals surface area contributed by atoms with Crippen LogP contribution in [0.25, 0.3) is 0 Å². The summed E-state index contributed by atoms with van der Waals surface area (Å²) < 4.78 is 7.45. The van der Waals surface area contributed by atoms with E-state index in [-0.39, 0.29) is 24.6 Å². The number of aryl methyl sites for hydroxylation is 2. The Morgan fingerprint density at radius 2 is 2.08 bits per heavy atom. The van der Waals surface area contributed by atoms with Crippen molar-refractivity contribution in [2.75, 3.05) is 13.1 Å². The number of aliphatic hydroxyl groups is 1. The first-order valence-electron chi connectivity index (χ1n) is 8.41. The lowest BCUT2D eigenvalue weighted by Gasteiger charge is -2.17. The molecule has 0 saturated carbocycles. The van der Waals surface area contributed by atoms with Crippen molar-refractivity contribution in [3.8, 4) is 5.75 Å². The van der Waals surface area contributed by atoms with E-state index in [1.165, 1.54) is 17.0 Å². The van der Waals surface area contributed by atoms with Crippen LogP contribution in [0, 0.1) is 6.92 Å². The topological polar surface area (TPSA) is 105 Å². The molecule has 3 rings (SSSR count). The molecule has 0 radical (unpaired) electrons. The molecule has 0 spiro atoms. The van der Waals surface area contributed by atoms with Gasteiger partial charge in [0, 0.05) is 12.2 Å². The third-order valence-corrected chi connectivity index (χ3v) is 4.39. The smallest absolute Gasteiger partial charge is 0.335 e. The van der Waals surface area contributed by atoms with Crippen molar-refractivity contribution in [2.45, 2.75) is 32.6 Å². The molecule has 1 saturated heterocycles. The number of hydrogen-bond acceptors (Lipinski definition) is 5. The zero-order valence-corrected chi connectivity index (χ0v) is 14.6. The highest BCUT2D eigenvalue weighted by Crippen LogP contribution is 2.21. The number of nitrogens with zero attached hydrogens (tertiary/aromatic N) is 3. The second-order valence-electron chi connectivity index (χ2n) is 6.25. The molecule has 1 aliphatic rings. The zero-order valence-electron chi connectivity index (χ0n) is 14.6. The number of aromatic nitrogens is 2. The van der Waals surface area contributed by atoms with Crippen LogP contribution >= 0.6 is 0 Å². The minimum absolute atomic E-state index is 0.100. The number of carbonyl (C=O) groups excluding carboxylic acids is 1. The third-order valence-electron chi connectivity index (χ3n) is 4.39. The van der Waals surface area contributed by atoms with Crippen molar-refractivity contribution in [3.05, 3.63) is 47.3 Å². The van der Waals surface area contributed by atoms with E-state index in [2.05, 4.69) is 5.10 Å². The van der Waals surface area contributed by atoms with Gasteiger partial charge in [-0.25, -0.2) is 4.79 Å². The van der Waals surface area contributed by atoms with E-state index in [9.17, 15) is 14.7 Å². The molecule has 1 amide bonds. The van der Waals surface area contributed by atoms with Gasteiger partial charge in [-0.3, -0.25) is 9.48 Å². The number of hydrogen-bond donors (Lipinski definition) is 2. The Morgan fingerprint density at radius 3 is 2.73 bits per heavy atom. The number of rotatable bonds is 5. The van der Waals surface area contributed by atoms with Gasteiger partial charge < -0.3 is 19.8 Å². The van der Waals surface area contributed by atoms with Crippen molar-refractivity contribution >= 4 is 11.9 Å². The number of likely N-dealkylation sites (tertiary alicyclic amines) is 1. The highest BCUT2D eigenvalue weighted by Gasteiger charge is 2.36. The van der Waals surface area contributed by atoms with Gasteiger partial charge in [0.15, 0.2) is 5.69 Å². The Balaban J connectivity index is 1.70. The maximum atomic E-state index is 12.6. The zero-order chi connectivity index (χ0) is 18.8. The predicted molar refractivity (Wildman–Crippen MR) is 92.4 cm³/mol. The molecular formula is C18H21N3O5. The highest BCUT2D eigenvalue weighted by atomic mass is 16.5. The maximum absolute atomic E-state index is 12.6. The van der Waals surface area contributed by atoms with Crippen LogP contribution in [0.4, 0.5) is 0 Å². The molecule has 138 valence electrons. The van der Waals surface area contributed by atoms with Crippen LogP contribution in [0.15, 0.2) is 30.3 Å². The number of benzene rings is 1. The van der Waals surface area contributed by atoms with E-state index in [0.29, 0.717) is 18.0 Å². The minimum atomic E-state index is -1.05. The summed E-state index contributed by atoms with van der Waals surface area (Å²) in [4.78, 5) is 25.2. The molecule has 2 aromatic rings. The Bertz CT molecular complexity index is 832. The number of carboxylic acid groups (broad SMARTS) is 1. The van der Waals surface area contributed by atoms with Crippen molar-refractivity contribution < 1.29 is 24.5 Å². The van der Waals surface area contributed by atoms with E-state index in [0.717, 1.165) is 5.69 Å².